The second-order valence-electron chi connectivity index (χ2n) is 11.0. The van der Waals surface area contributed by atoms with Gasteiger partial charge < -0.3 is 4.74 Å². The van der Waals surface area contributed by atoms with Crippen LogP contribution in [0.4, 0.5) is 8.78 Å². The molecule has 2 aliphatic rings. The van der Waals surface area contributed by atoms with E-state index in [-0.39, 0.29) is 11.7 Å². The van der Waals surface area contributed by atoms with Crippen molar-refractivity contribution in [1.29, 1.82) is 0 Å². The van der Waals surface area contributed by atoms with E-state index in [1.165, 1.54) is 49.7 Å². The van der Waals surface area contributed by atoms with Crippen LogP contribution < -0.4 is 4.74 Å². The smallest absolute Gasteiger partial charge is 0.200 e. The molecule has 2 aromatic rings. The highest BCUT2D eigenvalue weighted by molar-refractivity contribution is 5.33. The first kappa shape index (κ1) is 26.9. The van der Waals surface area contributed by atoms with Gasteiger partial charge in [0, 0.05) is 0 Å². The Kier molecular flexibility index (Phi) is 10.0. The fourth-order valence-electron chi connectivity index (χ4n) is 6.54. The van der Waals surface area contributed by atoms with Crippen LogP contribution in [0, 0.1) is 29.4 Å². The van der Waals surface area contributed by atoms with Crippen LogP contribution >= 0.6 is 0 Å². The van der Waals surface area contributed by atoms with Crippen molar-refractivity contribution in [3.05, 3.63) is 76.9 Å². The van der Waals surface area contributed by atoms with Crippen LogP contribution in [0.1, 0.15) is 101 Å². The predicted octanol–water partition coefficient (Wildman–Crippen LogP) is 9.59. The molecule has 4 rings (SSSR count). The Morgan fingerprint density at radius 2 is 1.36 bits per heavy atom. The zero-order valence-electron chi connectivity index (χ0n) is 22.3. The van der Waals surface area contributed by atoms with Crippen molar-refractivity contribution in [2.24, 2.45) is 17.8 Å². The number of allylic oxidation sites excluding steroid dienone is 2. The number of ether oxygens (including phenoxy) is 1. The summed E-state index contributed by atoms with van der Waals surface area (Å²) in [6, 6.07) is 12.5. The minimum Gasteiger partial charge on any atom is -0.491 e. The number of hydrogen-bond acceptors (Lipinski definition) is 1. The van der Waals surface area contributed by atoms with Crippen molar-refractivity contribution in [1.82, 2.24) is 0 Å². The van der Waals surface area contributed by atoms with E-state index >= 15 is 0 Å². The Morgan fingerprint density at radius 1 is 0.750 bits per heavy atom. The van der Waals surface area contributed by atoms with E-state index in [1.807, 2.05) is 0 Å². The summed E-state index contributed by atoms with van der Waals surface area (Å²) in [5.41, 5.74) is 3.42. The number of rotatable bonds is 10. The lowest BCUT2D eigenvalue weighted by Gasteiger charge is -2.37. The Hall–Kier alpha value is -2.16. The van der Waals surface area contributed by atoms with Crippen LogP contribution in [-0.4, -0.2) is 6.61 Å². The standard InChI is InChI=1S/C33H44F2O/c1-3-7-24-10-12-25(13-11-24)8-5-6-9-26-14-16-27(17-15-26)28-18-20-29(21-19-28)30-22-23-31(36-4-2)33(35)32(30)34/h6,9-13,22-23,26-29H,3-5,7-8,14-21H2,1-2H3. The van der Waals surface area contributed by atoms with E-state index in [1.54, 1.807) is 19.1 Å². The number of halogens is 2. The molecule has 3 heteroatoms. The molecule has 2 fully saturated rings. The molecular formula is C33H44F2O. The molecule has 0 aliphatic heterocycles. The van der Waals surface area contributed by atoms with Gasteiger partial charge in [-0.15, -0.1) is 0 Å². The molecule has 1 nitrogen and oxygen atoms in total. The summed E-state index contributed by atoms with van der Waals surface area (Å²) in [4.78, 5) is 0. The lowest BCUT2D eigenvalue weighted by Crippen LogP contribution is -2.25. The maximum Gasteiger partial charge on any atom is 0.200 e. The SMILES string of the molecule is CCCc1ccc(CCC=CC2CCC(C3CCC(c4ccc(OCC)c(F)c4F)CC3)CC2)cc1. The number of aryl methyl sites for hydroxylation is 2. The Morgan fingerprint density at radius 3 is 1.97 bits per heavy atom. The molecule has 196 valence electrons. The summed E-state index contributed by atoms with van der Waals surface area (Å²) in [6.45, 7) is 4.35. The van der Waals surface area contributed by atoms with Gasteiger partial charge in [0.25, 0.3) is 0 Å². The maximum atomic E-state index is 14.7. The topological polar surface area (TPSA) is 9.23 Å². The molecule has 0 radical (unpaired) electrons. The molecule has 0 heterocycles. The lowest BCUT2D eigenvalue weighted by molar-refractivity contribution is 0.170. The maximum absolute atomic E-state index is 14.7. The first-order chi connectivity index (χ1) is 17.6. The molecule has 0 atom stereocenters. The van der Waals surface area contributed by atoms with E-state index in [2.05, 4.69) is 43.3 Å². The van der Waals surface area contributed by atoms with Crippen LogP contribution in [-0.2, 0) is 12.8 Å². The third-order valence-corrected chi connectivity index (χ3v) is 8.64. The zero-order valence-corrected chi connectivity index (χ0v) is 22.3. The Balaban J connectivity index is 1.18. The predicted molar refractivity (Wildman–Crippen MR) is 146 cm³/mol. The average Bonchev–Trinajstić information content (AvgIpc) is 2.91. The molecule has 0 spiro atoms. The van der Waals surface area contributed by atoms with Gasteiger partial charge in [-0.05, 0) is 124 Å². The average molecular weight is 495 g/mol. The van der Waals surface area contributed by atoms with Crippen molar-refractivity contribution < 1.29 is 13.5 Å². The molecule has 2 aromatic carbocycles. The van der Waals surface area contributed by atoms with Crippen LogP contribution in [0.3, 0.4) is 0 Å². The monoisotopic (exact) mass is 494 g/mol. The van der Waals surface area contributed by atoms with Crippen LogP contribution in [0.5, 0.6) is 5.75 Å². The van der Waals surface area contributed by atoms with E-state index in [0.717, 1.165) is 56.3 Å². The summed E-state index contributed by atoms with van der Waals surface area (Å²) >= 11 is 0. The molecule has 0 amide bonds. The highest BCUT2D eigenvalue weighted by Crippen LogP contribution is 2.45. The summed E-state index contributed by atoms with van der Waals surface area (Å²) in [5.74, 6) is 0.910. The fourth-order valence-corrected chi connectivity index (χ4v) is 6.54. The van der Waals surface area contributed by atoms with E-state index in [4.69, 9.17) is 4.74 Å². The first-order valence-electron chi connectivity index (χ1n) is 14.4. The largest absolute Gasteiger partial charge is 0.491 e. The zero-order chi connectivity index (χ0) is 25.3. The van der Waals surface area contributed by atoms with Crippen LogP contribution in [0.2, 0.25) is 0 Å². The van der Waals surface area contributed by atoms with E-state index in [9.17, 15) is 8.78 Å². The highest BCUT2D eigenvalue weighted by Gasteiger charge is 2.32. The molecule has 2 saturated carbocycles. The van der Waals surface area contributed by atoms with Gasteiger partial charge >= 0.3 is 0 Å². The molecule has 0 saturated heterocycles. The first-order valence-corrected chi connectivity index (χ1v) is 14.4. The molecule has 0 bridgehead atoms. The Labute approximate surface area is 217 Å². The van der Waals surface area contributed by atoms with E-state index < -0.39 is 11.6 Å². The minimum atomic E-state index is -0.826. The third-order valence-electron chi connectivity index (χ3n) is 8.64. The van der Waals surface area contributed by atoms with Crippen molar-refractivity contribution in [3.63, 3.8) is 0 Å². The van der Waals surface area contributed by atoms with Crippen LogP contribution in [0.25, 0.3) is 0 Å². The summed E-state index contributed by atoms with van der Waals surface area (Å²) in [6.07, 6.45) is 18.9. The summed E-state index contributed by atoms with van der Waals surface area (Å²) < 4.78 is 34.2. The molecule has 2 aliphatic carbocycles. The van der Waals surface area contributed by atoms with Gasteiger partial charge in [-0.2, -0.15) is 4.39 Å². The van der Waals surface area contributed by atoms with Gasteiger partial charge in [0.2, 0.25) is 5.82 Å². The summed E-state index contributed by atoms with van der Waals surface area (Å²) in [7, 11) is 0. The third kappa shape index (κ3) is 6.99. The quantitative estimate of drug-likeness (QED) is 0.299. The fraction of sp³-hybridized carbons (Fsp3) is 0.576. The highest BCUT2D eigenvalue weighted by atomic mass is 19.2. The molecule has 0 aromatic heterocycles. The van der Waals surface area contributed by atoms with Gasteiger partial charge in [0.1, 0.15) is 0 Å². The van der Waals surface area contributed by atoms with Crippen molar-refractivity contribution in [2.45, 2.75) is 96.8 Å². The second kappa shape index (κ2) is 13.4. The van der Waals surface area contributed by atoms with E-state index in [0.29, 0.717) is 12.2 Å². The van der Waals surface area contributed by atoms with Gasteiger partial charge in [0.05, 0.1) is 6.61 Å². The summed E-state index contributed by atoms with van der Waals surface area (Å²) in [5, 5.41) is 0. The number of hydrogen-bond donors (Lipinski definition) is 0. The van der Waals surface area contributed by atoms with Gasteiger partial charge in [-0.25, -0.2) is 4.39 Å². The molecule has 0 N–H and O–H groups in total. The van der Waals surface area contributed by atoms with Gasteiger partial charge in [0.15, 0.2) is 11.6 Å². The normalized spacial score (nSPS) is 24.8. The van der Waals surface area contributed by atoms with Crippen molar-refractivity contribution in [3.8, 4) is 5.75 Å². The van der Waals surface area contributed by atoms with Crippen molar-refractivity contribution >= 4 is 0 Å². The van der Waals surface area contributed by atoms with Crippen LogP contribution in [0.15, 0.2) is 48.6 Å². The molecular weight excluding hydrogens is 450 g/mol. The Bertz CT molecular complexity index is 964. The van der Waals surface area contributed by atoms with Gasteiger partial charge in [-0.1, -0.05) is 55.8 Å². The molecule has 36 heavy (non-hydrogen) atoms. The molecule has 0 unspecified atom stereocenters. The van der Waals surface area contributed by atoms with Gasteiger partial charge in [-0.3, -0.25) is 0 Å². The van der Waals surface area contributed by atoms with Crippen molar-refractivity contribution in [2.75, 3.05) is 6.61 Å². The number of benzene rings is 2. The minimum absolute atomic E-state index is 0.0271. The second-order valence-corrected chi connectivity index (χ2v) is 11.0. The lowest BCUT2D eigenvalue weighted by atomic mass is 9.68.